The van der Waals surface area contributed by atoms with Gasteiger partial charge in [0, 0.05) is 18.7 Å². The van der Waals surface area contributed by atoms with Crippen LogP contribution < -0.4 is 5.32 Å². The molecule has 1 aromatic carbocycles. The van der Waals surface area contributed by atoms with E-state index in [9.17, 15) is 0 Å². The van der Waals surface area contributed by atoms with Gasteiger partial charge in [-0.1, -0.05) is 20.8 Å². The van der Waals surface area contributed by atoms with Crippen molar-refractivity contribution < 1.29 is 4.42 Å². The molecule has 0 spiro atoms. The first-order chi connectivity index (χ1) is 8.19. The predicted molar refractivity (Wildman–Crippen MR) is 71.3 cm³/mol. The molecule has 0 radical (unpaired) electrons. The number of aryl methyl sites for hydroxylation is 1. The Morgan fingerprint density at radius 2 is 2.18 bits per heavy atom. The molecule has 0 unspecified atom stereocenters. The topological polar surface area (TPSA) is 38.1 Å². The molecule has 0 saturated carbocycles. The molecule has 1 N–H and O–H groups in total. The van der Waals surface area contributed by atoms with Crippen LogP contribution in [0.15, 0.2) is 22.6 Å². The Morgan fingerprint density at radius 3 is 2.88 bits per heavy atom. The molecule has 3 nitrogen and oxygen atoms in total. The first-order valence-electron chi connectivity index (χ1n) is 6.32. The van der Waals surface area contributed by atoms with Crippen molar-refractivity contribution in [2.24, 2.45) is 5.92 Å². The third kappa shape index (κ3) is 2.99. The number of fused-ring (bicyclic) bond motifs is 1. The fourth-order valence-electron chi connectivity index (χ4n) is 1.74. The van der Waals surface area contributed by atoms with Crippen molar-refractivity contribution in [3.8, 4) is 0 Å². The van der Waals surface area contributed by atoms with Gasteiger partial charge in [0.25, 0.3) is 0 Å². The highest BCUT2D eigenvalue weighted by Crippen LogP contribution is 2.20. The quantitative estimate of drug-likeness (QED) is 0.851. The van der Waals surface area contributed by atoms with Crippen LogP contribution in [0.2, 0.25) is 0 Å². The van der Waals surface area contributed by atoms with Gasteiger partial charge in [0.05, 0.1) is 0 Å². The minimum Gasteiger partial charge on any atom is -0.441 e. The summed E-state index contributed by atoms with van der Waals surface area (Å²) in [6.07, 6.45) is 2.02. The maximum absolute atomic E-state index is 5.58. The molecule has 0 bridgehead atoms. The van der Waals surface area contributed by atoms with Gasteiger partial charge >= 0.3 is 0 Å². The summed E-state index contributed by atoms with van der Waals surface area (Å²) in [5.41, 5.74) is 2.93. The molecule has 0 saturated heterocycles. The molecule has 0 amide bonds. The van der Waals surface area contributed by atoms with E-state index in [2.05, 4.69) is 30.2 Å². The van der Waals surface area contributed by atoms with Gasteiger partial charge in [0.15, 0.2) is 11.5 Å². The van der Waals surface area contributed by atoms with E-state index in [-0.39, 0.29) is 0 Å². The van der Waals surface area contributed by atoms with Crippen LogP contribution in [-0.2, 0) is 6.42 Å². The van der Waals surface area contributed by atoms with E-state index in [1.165, 1.54) is 6.42 Å². The number of nitrogens with one attached hydrogen (secondary N) is 1. The fraction of sp³-hybridized carbons (Fsp3) is 0.500. The van der Waals surface area contributed by atoms with Crippen LogP contribution in [0.25, 0.3) is 11.1 Å². The molecule has 0 aliphatic rings. The van der Waals surface area contributed by atoms with E-state index < -0.39 is 0 Å². The summed E-state index contributed by atoms with van der Waals surface area (Å²) in [6.45, 7) is 7.51. The van der Waals surface area contributed by atoms with E-state index in [0.29, 0.717) is 0 Å². The minimum atomic E-state index is 0.727. The van der Waals surface area contributed by atoms with Gasteiger partial charge < -0.3 is 9.73 Å². The molecule has 3 heteroatoms. The normalized spacial score (nSPS) is 11.3. The van der Waals surface area contributed by atoms with E-state index in [4.69, 9.17) is 4.42 Å². The molecule has 17 heavy (non-hydrogen) atoms. The number of benzene rings is 1. The van der Waals surface area contributed by atoms with E-state index in [1.54, 1.807) is 0 Å². The lowest BCUT2D eigenvalue weighted by Gasteiger charge is -2.07. The maximum Gasteiger partial charge on any atom is 0.195 e. The summed E-state index contributed by atoms with van der Waals surface area (Å²) in [5, 5.41) is 3.41. The van der Waals surface area contributed by atoms with Crippen LogP contribution >= 0.6 is 0 Å². The van der Waals surface area contributed by atoms with Gasteiger partial charge in [-0.2, -0.15) is 0 Å². The van der Waals surface area contributed by atoms with Crippen LogP contribution in [0, 0.1) is 5.92 Å². The van der Waals surface area contributed by atoms with E-state index in [1.807, 2.05) is 19.1 Å². The van der Waals surface area contributed by atoms with Gasteiger partial charge in [-0.05, 0) is 30.5 Å². The maximum atomic E-state index is 5.58. The van der Waals surface area contributed by atoms with Crippen LogP contribution in [0.1, 0.15) is 33.1 Å². The Morgan fingerprint density at radius 1 is 1.35 bits per heavy atom. The lowest BCUT2D eigenvalue weighted by atomic mass is 10.1. The number of rotatable bonds is 5. The molecule has 2 aromatic rings. The third-order valence-electron chi connectivity index (χ3n) is 2.79. The summed E-state index contributed by atoms with van der Waals surface area (Å²) < 4.78 is 5.58. The zero-order chi connectivity index (χ0) is 12.3. The van der Waals surface area contributed by atoms with Crippen molar-refractivity contribution >= 4 is 16.8 Å². The van der Waals surface area contributed by atoms with E-state index >= 15 is 0 Å². The zero-order valence-corrected chi connectivity index (χ0v) is 10.8. The van der Waals surface area contributed by atoms with Gasteiger partial charge in [-0.3, -0.25) is 0 Å². The summed E-state index contributed by atoms with van der Waals surface area (Å²) in [7, 11) is 0. The van der Waals surface area contributed by atoms with Gasteiger partial charge in [0.2, 0.25) is 0 Å². The average Bonchev–Trinajstić information content (AvgIpc) is 2.70. The first kappa shape index (κ1) is 12.0. The Balaban J connectivity index is 2.08. The van der Waals surface area contributed by atoms with Gasteiger partial charge in [0.1, 0.15) is 5.52 Å². The molecular weight excluding hydrogens is 212 g/mol. The molecule has 1 heterocycles. The summed E-state index contributed by atoms with van der Waals surface area (Å²) >= 11 is 0. The number of nitrogens with zero attached hydrogens (tertiary/aromatic N) is 1. The third-order valence-corrected chi connectivity index (χ3v) is 2.79. The number of oxazole rings is 1. The second-order valence-electron chi connectivity index (χ2n) is 4.75. The lowest BCUT2D eigenvalue weighted by molar-refractivity contribution is 0.538. The van der Waals surface area contributed by atoms with Crippen molar-refractivity contribution in [1.82, 2.24) is 4.98 Å². The molecule has 92 valence electrons. The Kier molecular flexibility index (Phi) is 3.67. The van der Waals surface area contributed by atoms with Crippen LogP contribution in [0.3, 0.4) is 0 Å². The van der Waals surface area contributed by atoms with E-state index in [0.717, 1.165) is 41.6 Å². The SMILES string of the molecule is CCc1nc2cc(NCCC(C)C)ccc2o1. The minimum absolute atomic E-state index is 0.727. The number of hydrogen-bond acceptors (Lipinski definition) is 3. The molecular formula is C14H20N2O. The second-order valence-corrected chi connectivity index (χ2v) is 4.75. The second kappa shape index (κ2) is 5.21. The van der Waals surface area contributed by atoms with Crippen molar-refractivity contribution in [2.75, 3.05) is 11.9 Å². The average molecular weight is 232 g/mol. The largest absolute Gasteiger partial charge is 0.441 e. The highest BCUT2D eigenvalue weighted by atomic mass is 16.3. The number of aromatic nitrogens is 1. The molecule has 1 aromatic heterocycles. The Bertz CT molecular complexity index is 488. The van der Waals surface area contributed by atoms with Gasteiger partial charge in [-0.15, -0.1) is 0 Å². The molecule has 0 fully saturated rings. The smallest absolute Gasteiger partial charge is 0.195 e. The monoisotopic (exact) mass is 232 g/mol. The van der Waals surface area contributed by atoms with Crippen molar-refractivity contribution in [2.45, 2.75) is 33.6 Å². The van der Waals surface area contributed by atoms with Crippen LogP contribution in [-0.4, -0.2) is 11.5 Å². The number of hydrogen-bond donors (Lipinski definition) is 1. The highest BCUT2D eigenvalue weighted by molar-refractivity contribution is 5.77. The zero-order valence-electron chi connectivity index (χ0n) is 10.8. The fourth-order valence-corrected chi connectivity index (χ4v) is 1.74. The summed E-state index contributed by atoms with van der Waals surface area (Å²) in [6, 6.07) is 6.09. The standard InChI is InChI=1S/C14H20N2O/c1-4-14-16-12-9-11(5-6-13(12)17-14)15-8-7-10(2)3/h5-6,9-10,15H,4,7-8H2,1-3H3. The highest BCUT2D eigenvalue weighted by Gasteiger charge is 2.04. The lowest BCUT2D eigenvalue weighted by Crippen LogP contribution is -2.04. The van der Waals surface area contributed by atoms with Gasteiger partial charge in [-0.25, -0.2) is 4.98 Å². The molecule has 0 aliphatic carbocycles. The molecule has 2 rings (SSSR count). The number of anilines is 1. The first-order valence-corrected chi connectivity index (χ1v) is 6.32. The molecule has 0 aliphatic heterocycles. The van der Waals surface area contributed by atoms with Crippen LogP contribution in [0.4, 0.5) is 5.69 Å². The van der Waals surface area contributed by atoms with Crippen molar-refractivity contribution in [3.05, 3.63) is 24.1 Å². The van der Waals surface area contributed by atoms with Crippen molar-refractivity contribution in [1.29, 1.82) is 0 Å². The summed E-state index contributed by atoms with van der Waals surface area (Å²) in [4.78, 5) is 4.43. The Labute approximate surface area is 102 Å². The predicted octanol–water partition coefficient (Wildman–Crippen LogP) is 3.85. The van der Waals surface area contributed by atoms with Crippen LogP contribution in [0.5, 0.6) is 0 Å². The summed E-state index contributed by atoms with van der Waals surface area (Å²) in [5.74, 6) is 1.53. The van der Waals surface area contributed by atoms with Crippen molar-refractivity contribution in [3.63, 3.8) is 0 Å². The Hall–Kier alpha value is -1.51. The molecule has 0 atom stereocenters.